The Hall–Kier alpha value is -2.42. The van der Waals surface area contributed by atoms with Crippen molar-refractivity contribution in [1.29, 1.82) is 0 Å². The lowest BCUT2D eigenvalue weighted by molar-refractivity contribution is 0.0602. The largest absolute Gasteiger partial charge is 0.465 e. The number of sulfonamides is 1. The summed E-state index contributed by atoms with van der Waals surface area (Å²) in [6.07, 6.45) is 0. The number of esters is 1. The standard InChI is InChI=1S/C17H17ClN2O5S/c1-20(2)26(23,24)11-8-9-14(18)13(10-11)16(21)19-15-7-5-4-6-12(15)17(22)25-3/h4-10H,1-3H3,(H,19,21). The smallest absolute Gasteiger partial charge is 0.339 e. The third kappa shape index (κ3) is 4.04. The number of nitrogens with zero attached hydrogens (tertiary/aromatic N) is 1. The zero-order chi connectivity index (χ0) is 19.5. The van der Waals surface area contributed by atoms with Crippen LogP contribution < -0.4 is 5.32 Å². The van der Waals surface area contributed by atoms with E-state index < -0.39 is 21.9 Å². The molecule has 26 heavy (non-hydrogen) atoms. The van der Waals surface area contributed by atoms with Crippen molar-refractivity contribution in [3.8, 4) is 0 Å². The Labute approximate surface area is 156 Å². The molecule has 2 aromatic carbocycles. The molecule has 0 saturated heterocycles. The summed E-state index contributed by atoms with van der Waals surface area (Å²) in [5, 5.41) is 2.64. The number of halogens is 1. The number of amides is 1. The van der Waals surface area contributed by atoms with E-state index in [0.717, 1.165) is 4.31 Å². The summed E-state index contributed by atoms with van der Waals surface area (Å²) in [5.74, 6) is -1.27. The molecule has 0 aromatic heterocycles. The average Bonchev–Trinajstić information content (AvgIpc) is 2.61. The van der Waals surface area contributed by atoms with Gasteiger partial charge in [0, 0.05) is 14.1 Å². The third-order valence-electron chi connectivity index (χ3n) is 3.54. The van der Waals surface area contributed by atoms with Crippen LogP contribution in [0.3, 0.4) is 0 Å². The molecule has 0 heterocycles. The summed E-state index contributed by atoms with van der Waals surface area (Å²) in [7, 11) is 0.272. The zero-order valence-electron chi connectivity index (χ0n) is 14.3. The Bertz CT molecular complexity index is 957. The lowest BCUT2D eigenvalue weighted by Gasteiger charge is -2.14. The van der Waals surface area contributed by atoms with E-state index in [-0.39, 0.29) is 26.7 Å². The molecule has 0 fully saturated rings. The molecule has 1 amide bonds. The average molecular weight is 397 g/mol. The Morgan fingerprint density at radius 1 is 1.08 bits per heavy atom. The second kappa shape index (κ2) is 7.86. The highest BCUT2D eigenvalue weighted by atomic mass is 35.5. The molecule has 138 valence electrons. The van der Waals surface area contributed by atoms with Crippen LogP contribution in [0.5, 0.6) is 0 Å². The molecule has 2 rings (SSSR count). The van der Waals surface area contributed by atoms with Crippen LogP contribution in [0.2, 0.25) is 5.02 Å². The number of para-hydroxylation sites is 1. The van der Waals surface area contributed by atoms with Gasteiger partial charge in [0.05, 0.1) is 33.8 Å². The molecule has 2 aromatic rings. The summed E-state index contributed by atoms with van der Waals surface area (Å²) in [4.78, 5) is 24.3. The molecule has 7 nitrogen and oxygen atoms in total. The molecule has 0 unspecified atom stereocenters. The van der Waals surface area contributed by atoms with Gasteiger partial charge in [-0.3, -0.25) is 4.79 Å². The molecule has 0 aliphatic rings. The number of rotatable bonds is 5. The van der Waals surface area contributed by atoms with Gasteiger partial charge in [0.25, 0.3) is 5.91 Å². The molecule has 0 atom stereocenters. The number of anilines is 1. The number of methoxy groups -OCH3 is 1. The molecule has 0 bridgehead atoms. The molecule has 0 aliphatic carbocycles. The van der Waals surface area contributed by atoms with Gasteiger partial charge in [-0.15, -0.1) is 0 Å². The van der Waals surface area contributed by atoms with E-state index in [9.17, 15) is 18.0 Å². The van der Waals surface area contributed by atoms with Crippen LogP contribution in [-0.2, 0) is 14.8 Å². The van der Waals surface area contributed by atoms with E-state index in [2.05, 4.69) is 10.1 Å². The summed E-state index contributed by atoms with van der Waals surface area (Å²) in [6.45, 7) is 0. The second-order valence-corrected chi connectivity index (χ2v) is 7.98. The first-order valence-corrected chi connectivity index (χ1v) is 9.21. The number of hydrogen-bond donors (Lipinski definition) is 1. The van der Waals surface area contributed by atoms with Crippen molar-refractivity contribution in [3.63, 3.8) is 0 Å². The first-order chi connectivity index (χ1) is 12.2. The summed E-state index contributed by atoms with van der Waals surface area (Å²) >= 11 is 6.06. The fourth-order valence-electron chi connectivity index (χ4n) is 2.12. The van der Waals surface area contributed by atoms with Crippen molar-refractivity contribution < 1.29 is 22.7 Å². The van der Waals surface area contributed by atoms with Gasteiger partial charge < -0.3 is 10.1 Å². The highest BCUT2D eigenvalue weighted by Gasteiger charge is 2.22. The number of carbonyl (C=O) groups excluding carboxylic acids is 2. The van der Waals surface area contributed by atoms with Crippen molar-refractivity contribution >= 4 is 39.2 Å². The van der Waals surface area contributed by atoms with Crippen LogP contribution in [0.25, 0.3) is 0 Å². The number of nitrogens with one attached hydrogen (secondary N) is 1. The second-order valence-electron chi connectivity index (χ2n) is 5.42. The van der Waals surface area contributed by atoms with Crippen molar-refractivity contribution in [3.05, 3.63) is 58.6 Å². The molecule has 0 spiro atoms. The minimum atomic E-state index is -3.73. The molecule has 1 N–H and O–H groups in total. The van der Waals surface area contributed by atoms with E-state index in [1.165, 1.54) is 51.5 Å². The highest BCUT2D eigenvalue weighted by Crippen LogP contribution is 2.24. The van der Waals surface area contributed by atoms with E-state index in [1.807, 2.05) is 0 Å². The predicted octanol–water partition coefficient (Wildman–Crippen LogP) is 2.63. The Morgan fingerprint density at radius 3 is 2.35 bits per heavy atom. The maximum Gasteiger partial charge on any atom is 0.339 e. The molecular weight excluding hydrogens is 380 g/mol. The van der Waals surface area contributed by atoms with E-state index in [4.69, 9.17) is 11.6 Å². The fraction of sp³-hybridized carbons (Fsp3) is 0.176. The topological polar surface area (TPSA) is 92.8 Å². The molecule has 0 aliphatic heterocycles. The van der Waals surface area contributed by atoms with Gasteiger partial charge in [-0.1, -0.05) is 23.7 Å². The first-order valence-electron chi connectivity index (χ1n) is 7.39. The maximum absolute atomic E-state index is 12.6. The van der Waals surface area contributed by atoms with E-state index in [0.29, 0.717) is 0 Å². The van der Waals surface area contributed by atoms with Crippen LogP contribution in [0.4, 0.5) is 5.69 Å². The van der Waals surface area contributed by atoms with Crippen LogP contribution in [0, 0.1) is 0 Å². The normalized spacial score (nSPS) is 11.3. The summed E-state index contributed by atoms with van der Waals surface area (Å²) in [5.41, 5.74) is 0.354. The van der Waals surface area contributed by atoms with Gasteiger partial charge in [0.15, 0.2) is 0 Å². The molecule has 0 radical (unpaired) electrons. The quantitative estimate of drug-likeness (QED) is 0.784. The van der Waals surface area contributed by atoms with Crippen molar-refractivity contribution in [2.45, 2.75) is 4.90 Å². The van der Waals surface area contributed by atoms with Crippen molar-refractivity contribution in [1.82, 2.24) is 4.31 Å². The monoisotopic (exact) mass is 396 g/mol. The Morgan fingerprint density at radius 2 is 1.73 bits per heavy atom. The minimum absolute atomic E-state index is 0.0331. The highest BCUT2D eigenvalue weighted by molar-refractivity contribution is 7.89. The van der Waals surface area contributed by atoms with Crippen molar-refractivity contribution in [2.24, 2.45) is 0 Å². The van der Waals surface area contributed by atoms with E-state index in [1.54, 1.807) is 12.1 Å². The maximum atomic E-state index is 12.6. The Balaban J connectivity index is 2.42. The number of hydrogen-bond acceptors (Lipinski definition) is 5. The zero-order valence-corrected chi connectivity index (χ0v) is 15.9. The minimum Gasteiger partial charge on any atom is -0.465 e. The van der Waals surface area contributed by atoms with Gasteiger partial charge in [-0.2, -0.15) is 0 Å². The van der Waals surface area contributed by atoms with Crippen LogP contribution in [0.15, 0.2) is 47.4 Å². The van der Waals surface area contributed by atoms with Gasteiger partial charge >= 0.3 is 5.97 Å². The molecule has 9 heteroatoms. The lowest BCUT2D eigenvalue weighted by Crippen LogP contribution is -2.23. The van der Waals surface area contributed by atoms with Crippen LogP contribution in [0.1, 0.15) is 20.7 Å². The molecule has 0 saturated carbocycles. The summed E-state index contributed by atoms with van der Waals surface area (Å²) in [6, 6.07) is 10.1. The third-order valence-corrected chi connectivity index (χ3v) is 5.68. The fourth-order valence-corrected chi connectivity index (χ4v) is 3.25. The number of carbonyl (C=O) groups is 2. The van der Waals surface area contributed by atoms with Crippen LogP contribution in [-0.4, -0.2) is 45.8 Å². The Kier molecular flexibility index (Phi) is 6.01. The van der Waals surface area contributed by atoms with Gasteiger partial charge in [0.1, 0.15) is 0 Å². The summed E-state index contributed by atoms with van der Waals surface area (Å²) < 4.78 is 30.2. The van der Waals surface area contributed by atoms with Crippen molar-refractivity contribution in [2.75, 3.05) is 26.5 Å². The SMILES string of the molecule is COC(=O)c1ccccc1NC(=O)c1cc(S(=O)(=O)N(C)C)ccc1Cl. The van der Waals surface area contributed by atoms with E-state index >= 15 is 0 Å². The number of ether oxygens (including phenoxy) is 1. The molecular formula is C17H17ClN2O5S. The van der Waals surface area contributed by atoms with Gasteiger partial charge in [-0.05, 0) is 30.3 Å². The first kappa shape index (κ1) is 19.9. The number of benzene rings is 2. The predicted molar refractivity (Wildman–Crippen MR) is 98.1 cm³/mol. The van der Waals surface area contributed by atoms with Crippen LogP contribution >= 0.6 is 11.6 Å². The lowest BCUT2D eigenvalue weighted by atomic mass is 10.1. The van der Waals surface area contributed by atoms with Gasteiger partial charge in [-0.25, -0.2) is 17.5 Å². The van der Waals surface area contributed by atoms with Gasteiger partial charge in [0.2, 0.25) is 10.0 Å².